The van der Waals surface area contributed by atoms with Crippen molar-refractivity contribution in [3.8, 4) is 5.75 Å². The van der Waals surface area contributed by atoms with Crippen molar-refractivity contribution in [2.75, 3.05) is 20.8 Å². The highest BCUT2D eigenvalue weighted by Gasteiger charge is 2.31. The molecular weight excluding hydrogens is 312 g/mol. The zero-order valence-electron chi connectivity index (χ0n) is 13.3. The predicted octanol–water partition coefficient (Wildman–Crippen LogP) is 3.28. The first-order valence-corrected chi connectivity index (χ1v) is 8.49. The van der Waals surface area contributed by atoms with E-state index in [1.54, 1.807) is 14.2 Å². The molecule has 0 spiro atoms. The van der Waals surface area contributed by atoms with Crippen LogP contribution in [0.2, 0.25) is 0 Å². The van der Waals surface area contributed by atoms with E-state index in [0.717, 1.165) is 35.7 Å². The summed E-state index contributed by atoms with van der Waals surface area (Å²) >= 11 is 1.46. The Bertz CT molecular complexity index is 669. The third-order valence-electron chi connectivity index (χ3n) is 4.05. The van der Waals surface area contributed by atoms with Crippen molar-refractivity contribution in [1.82, 2.24) is 9.88 Å². The topological polar surface area (TPSA) is 51.7 Å². The van der Waals surface area contributed by atoms with Crippen molar-refractivity contribution in [3.05, 3.63) is 45.9 Å². The first kappa shape index (κ1) is 16.0. The van der Waals surface area contributed by atoms with Crippen molar-refractivity contribution >= 4 is 17.2 Å². The minimum absolute atomic E-state index is 0.00178. The Morgan fingerprint density at radius 3 is 2.83 bits per heavy atom. The average Bonchev–Trinajstić information content (AvgIpc) is 3.24. The number of hydrogen-bond acceptors (Lipinski definition) is 5. The van der Waals surface area contributed by atoms with Crippen molar-refractivity contribution in [1.29, 1.82) is 0 Å². The molecular formula is C17H20N2O3S. The lowest BCUT2D eigenvalue weighted by atomic mass is 10.0. The van der Waals surface area contributed by atoms with E-state index in [2.05, 4.69) is 4.98 Å². The molecule has 1 aromatic heterocycles. The molecule has 122 valence electrons. The zero-order valence-corrected chi connectivity index (χ0v) is 14.1. The summed E-state index contributed by atoms with van der Waals surface area (Å²) in [6.45, 7) is 1.21. The fourth-order valence-electron chi connectivity index (χ4n) is 2.93. The molecule has 0 aliphatic carbocycles. The second-order valence-corrected chi connectivity index (χ2v) is 6.43. The lowest BCUT2D eigenvalue weighted by molar-refractivity contribution is 0.0730. The monoisotopic (exact) mass is 332 g/mol. The van der Waals surface area contributed by atoms with Gasteiger partial charge in [0.2, 0.25) is 0 Å². The van der Waals surface area contributed by atoms with Gasteiger partial charge in [-0.2, -0.15) is 0 Å². The standard InChI is InChI=1S/C17H20N2O3S/c1-21-10-16-18-14(11-23-16)17(20)19-9-3-4-15(19)12-5-7-13(22-2)8-6-12/h5-8,11,15H,3-4,9-10H2,1-2H3/t15-/m0/s1. The SMILES string of the molecule is COCc1nc(C(=O)N2CCC[C@H]2c2ccc(OC)cc2)cs1. The summed E-state index contributed by atoms with van der Waals surface area (Å²) in [7, 11) is 3.28. The number of carbonyl (C=O) groups is 1. The van der Waals surface area contributed by atoms with Gasteiger partial charge in [0.25, 0.3) is 5.91 Å². The van der Waals surface area contributed by atoms with E-state index in [0.29, 0.717) is 12.3 Å². The van der Waals surface area contributed by atoms with Crippen LogP contribution in [0.3, 0.4) is 0 Å². The van der Waals surface area contributed by atoms with Crippen molar-refractivity contribution in [3.63, 3.8) is 0 Å². The minimum Gasteiger partial charge on any atom is -0.497 e. The molecule has 23 heavy (non-hydrogen) atoms. The van der Waals surface area contributed by atoms with Gasteiger partial charge in [-0.15, -0.1) is 11.3 Å². The summed E-state index contributed by atoms with van der Waals surface area (Å²) in [6, 6.07) is 8.06. The van der Waals surface area contributed by atoms with Crippen LogP contribution >= 0.6 is 11.3 Å². The second-order valence-electron chi connectivity index (χ2n) is 5.49. The van der Waals surface area contributed by atoms with Gasteiger partial charge in [0.1, 0.15) is 16.5 Å². The summed E-state index contributed by atoms with van der Waals surface area (Å²) < 4.78 is 10.3. The molecule has 1 aliphatic rings. The Kier molecular flexibility index (Phi) is 4.93. The van der Waals surface area contributed by atoms with Gasteiger partial charge in [0.15, 0.2) is 0 Å². The molecule has 1 atom stereocenters. The maximum atomic E-state index is 12.8. The maximum Gasteiger partial charge on any atom is 0.273 e. The minimum atomic E-state index is 0.00178. The number of ether oxygens (including phenoxy) is 2. The normalized spacial score (nSPS) is 17.5. The molecule has 0 N–H and O–H groups in total. The van der Waals surface area contributed by atoms with Crippen LogP contribution in [0.15, 0.2) is 29.6 Å². The fraction of sp³-hybridized carbons (Fsp3) is 0.412. The first-order valence-electron chi connectivity index (χ1n) is 7.61. The van der Waals surface area contributed by atoms with E-state index >= 15 is 0 Å². The summed E-state index contributed by atoms with van der Waals surface area (Å²) in [4.78, 5) is 19.1. The number of rotatable bonds is 5. The van der Waals surface area contributed by atoms with Crippen molar-refractivity contribution in [2.24, 2.45) is 0 Å². The van der Waals surface area contributed by atoms with Crippen LogP contribution in [0, 0.1) is 0 Å². The smallest absolute Gasteiger partial charge is 0.273 e. The highest BCUT2D eigenvalue weighted by Crippen LogP contribution is 2.34. The number of benzene rings is 1. The summed E-state index contributed by atoms with van der Waals surface area (Å²) in [5, 5.41) is 2.65. The Morgan fingerprint density at radius 1 is 1.35 bits per heavy atom. The Hall–Kier alpha value is -1.92. The van der Waals surface area contributed by atoms with Crippen LogP contribution < -0.4 is 4.74 Å². The molecule has 0 saturated carbocycles. The molecule has 1 fully saturated rings. The molecule has 6 heteroatoms. The molecule has 1 aliphatic heterocycles. The summed E-state index contributed by atoms with van der Waals surface area (Å²) in [5.74, 6) is 0.829. The van der Waals surface area contributed by atoms with E-state index in [4.69, 9.17) is 9.47 Å². The van der Waals surface area contributed by atoms with Gasteiger partial charge in [0.05, 0.1) is 19.8 Å². The third-order valence-corrected chi connectivity index (χ3v) is 4.88. The lowest BCUT2D eigenvalue weighted by Crippen LogP contribution is -2.30. The number of methoxy groups -OCH3 is 2. The number of hydrogen-bond donors (Lipinski definition) is 0. The van der Waals surface area contributed by atoms with Crippen LogP contribution in [0.25, 0.3) is 0 Å². The van der Waals surface area contributed by atoms with Crippen LogP contribution in [0.1, 0.15) is 39.9 Å². The number of amides is 1. The van der Waals surface area contributed by atoms with E-state index in [1.807, 2.05) is 34.5 Å². The Balaban J connectivity index is 1.78. The molecule has 1 aromatic carbocycles. The predicted molar refractivity (Wildman–Crippen MR) is 88.8 cm³/mol. The van der Waals surface area contributed by atoms with Crippen molar-refractivity contribution in [2.45, 2.75) is 25.5 Å². The van der Waals surface area contributed by atoms with Crippen molar-refractivity contribution < 1.29 is 14.3 Å². The fourth-order valence-corrected chi connectivity index (χ4v) is 3.67. The van der Waals surface area contributed by atoms with E-state index in [-0.39, 0.29) is 11.9 Å². The van der Waals surface area contributed by atoms with Crippen LogP contribution in [-0.2, 0) is 11.3 Å². The number of aromatic nitrogens is 1. The Labute approximate surface area is 139 Å². The van der Waals surface area contributed by atoms with Gasteiger partial charge < -0.3 is 14.4 Å². The molecule has 5 nitrogen and oxygen atoms in total. The van der Waals surface area contributed by atoms with Gasteiger partial charge in [-0.25, -0.2) is 4.98 Å². The number of likely N-dealkylation sites (tertiary alicyclic amines) is 1. The van der Waals surface area contributed by atoms with Crippen LogP contribution in [0.5, 0.6) is 5.75 Å². The molecule has 2 aromatic rings. The summed E-state index contributed by atoms with van der Waals surface area (Å²) in [6.07, 6.45) is 1.99. The average molecular weight is 332 g/mol. The van der Waals surface area contributed by atoms with E-state index in [9.17, 15) is 4.79 Å². The maximum absolute atomic E-state index is 12.8. The molecule has 1 saturated heterocycles. The van der Waals surface area contributed by atoms with Gasteiger partial charge >= 0.3 is 0 Å². The molecule has 0 bridgehead atoms. The van der Waals surface area contributed by atoms with E-state index in [1.165, 1.54) is 11.3 Å². The number of nitrogens with zero attached hydrogens (tertiary/aromatic N) is 2. The number of thiazole rings is 1. The quantitative estimate of drug-likeness (QED) is 0.843. The Morgan fingerprint density at radius 2 is 2.13 bits per heavy atom. The van der Waals surface area contributed by atoms with Crippen LogP contribution in [0.4, 0.5) is 0 Å². The first-order chi connectivity index (χ1) is 11.2. The highest BCUT2D eigenvalue weighted by atomic mass is 32.1. The number of carbonyl (C=O) groups excluding carboxylic acids is 1. The van der Waals surface area contributed by atoms with Gasteiger partial charge in [-0.3, -0.25) is 4.79 Å². The van der Waals surface area contributed by atoms with Gasteiger partial charge in [-0.05, 0) is 30.5 Å². The van der Waals surface area contributed by atoms with Gasteiger partial charge in [0, 0.05) is 19.0 Å². The molecule has 1 amide bonds. The van der Waals surface area contributed by atoms with E-state index < -0.39 is 0 Å². The highest BCUT2D eigenvalue weighted by molar-refractivity contribution is 7.09. The lowest BCUT2D eigenvalue weighted by Gasteiger charge is -2.24. The molecule has 3 rings (SSSR count). The molecule has 0 radical (unpaired) electrons. The summed E-state index contributed by atoms with van der Waals surface area (Å²) in [5.41, 5.74) is 1.66. The molecule has 0 unspecified atom stereocenters. The largest absolute Gasteiger partial charge is 0.497 e. The van der Waals surface area contributed by atoms with Gasteiger partial charge in [-0.1, -0.05) is 12.1 Å². The third kappa shape index (κ3) is 3.38. The molecule has 2 heterocycles. The second kappa shape index (κ2) is 7.10. The van der Waals surface area contributed by atoms with Crippen LogP contribution in [-0.4, -0.2) is 36.6 Å². The zero-order chi connectivity index (χ0) is 16.2.